The summed E-state index contributed by atoms with van der Waals surface area (Å²) in [5, 5.41) is 0.374. The van der Waals surface area contributed by atoms with Crippen LogP contribution in [0.3, 0.4) is 0 Å². The number of nitrogens with zero attached hydrogens (tertiary/aromatic N) is 1. The van der Waals surface area contributed by atoms with E-state index in [1.807, 2.05) is 0 Å². The van der Waals surface area contributed by atoms with Gasteiger partial charge in [-0.15, -0.1) is 12.4 Å². The molecule has 2 N–H and O–H groups in total. The highest BCUT2D eigenvalue weighted by atomic mass is 35.5. The second kappa shape index (κ2) is 5.09. The van der Waals surface area contributed by atoms with Gasteiger partial charge in [0.2, 0.25) is 0 Å². The quantitative estimate of drug-likeness (QED) is 0.587. The van der Waals surface area contributed by atoms with E-state index in [0.29, 0.717) is 10.7 Å². The molecule has 3 nitrogen and oxygen atoms in total. The summed E-state index contributed by atoms with van der Waals surface area (Å²) in [5.41, 5.74) is 5.63. The van der Waals surface area contributed by atoms with Crippen LogP contribution in [0.25, 0.3) is 0 Å². The number of rotatable bonds is 2. The predicted molar refractivity (Wildman–Crippen MR) is 49.9 cm³/mol. The molecule has 0 unspecified atom stereocenters. The van der Waals surface area contributed by atoms with Crippen molar-refractivity contribution in [2.45, 2.75) is 0 Å². The number of carbonyl (C=O) groups is 1. The predicted octanol–water partition coefficient (Wildman–Crippen LogP) is 1.30. The maximum atomic E-state index is 10.9. The van der Waals surface area contributed by atoms with E-state index < -0.39 is 0 Å². The molecule has 0 aliphatic rings. The summed E-state index contributed by atoms with van der Waals surface area (Å²) in [6.45, 7) is 0.00329. The zero-order chi connectivity index (χ0) is 8.27. The molecule has 1 aromatic heterocycles. The van der Waals surface area contributed by atoms with E-state index in [9.17, 15) is 4.79 Å². The average molecular weight is 207 g/mol. The van der Waals surface area contributed by atoms with Crippen molar-refractivity contribution in [3.05, 3.63) is 29.0 Å². The maximum Gasteiger partial charge on any atom is 0.177 e. The lowest BCUT2D eigenvalue weighted by molar-refractivity contribution is 0.100. The van der Waals surface area contributed by atoms with Crippen molar-refractivity contribution >= 4 is 29.8 Å². The highest BCUT2D eigenvalue weighted by Crippen LogP contribution is 2.04. The highest BCUT2D eigenvalue weighted by Gasteiger charge is 2.01. The molecule has 0 atom stereocenters. The molecule has 1 aromatic rings. The highest BCUT2D eigenvalue weighted by molar-refractivity contribution is 6.29. The van der Waals surface area contributed by atoms with Crippen LogP contribution >= 0.6 is 24.0 Å². The van der Waals surface area contributed by atoms with Crippen LogP contribution in [0.2, 0.25) is 5.15 Å². The second-order valence-corrected chi connectivity index (χ2v) is 2.38. The lowest BCUT2D eigenvalue weighted by atomic mass is 10.2. The van der Waals surface area contributed by atoms with Crippen molar-refractivity contribution in [2.24, 2.45) is 5.73 Å². The molecule has 0 aliphatic heterocycles. The molecule has 12 heavy (non-hydrogen) atoms. The van der Waals surface area contributed by atoms with Crippen LogP contribution in [0.5, 0.6) is 0 Å². The fraction of sp³-hybridized carbons (Fsp3) is 0.143. The minimum atomic E-state index is -0.130. The number of ketones is 1. The zero-order valence-electron chi connectivity index (χ0n) is 6.16. The normalized spacial score (nSPS) is 8.83. The van der Waals surface area contributed by atoms with E-state index in [0.717, 1.165) is 0 Å². The van der Waals surface area contributed by atoms with Gasteiger partial charge >= 0.3 is 0 Å². The molecule has 0 bridgehead atoms. The molecule has 0 aliphatic carbocycles. The van der Waals surface area contributed by atoms with Gasteiger partial charge in [0.1, 0.15) is 5.15 Å². The Morgan fingerprint density at radius 3 is 2.67 bits per heavy atom. The molecule has 0 radical (unpaired) electrons. The molecule has 0 spiro atoms. The average Bonchev–Trinajstić information content (AvgIpc) is 2.05. The van der Waals surface area contributed by atoms with Gasteiger partial charge in [-0.2, -0.15) is 0 Å². The van der Waals surface area contributed by atoms with Crippen LogP contribution in [0, 0.1) is 0 Å². The smallest absolute Gasteiger partial charge is 0.177 e. The SMILES string of the molecule is Cl.NCC(=O)c1ccc(Cl)nc1. The molecule has 5 heteroatoms. The summed E-state index contributed by atoms with van der Waals surface area (Å²) in [5.74, 6) is -0.130. The molecule has 0 saturated heterocycles. The van der Waals surface area contributed by atoms with Crippen LogP contribution in [0.4, 0.5) is 0 Å². The summed E-state index contributed by atoms with van der Waals surface area (Å²) in [4.78, 5) is 14.7. The van der Waals surface area contributed by atoms with Gasteiger partial charge in [-0.25, -0.2) is 4.98 Å². The fourth-order valence-corrected chi connectivity index (χ4v) is 0.770. The molecule has 1 rings (SSSR count). The minimum Gasteiger partial charge on any atom is -0.324 e. The lowest BCUT2D eigenvalue weighted by Crippen LogP contribution is -2.13. The van der Waals surface area contributed by atoms with Gasteiger partial charge in [-0.1, -0.05) is 11.6 Å². The first-order valence-corrected chi connectivity index (χ1v) is 3.46. The summed E-state index contributed by atoms with van der Waals surface area (Å²) >= 11 is 5.51. The number of hydrogen-bond donors (Lipinski definition) is 1. The lowest BCUT2D eigenvalue weighted by Gasteiger charge is -1.95. The van der Waals surface area contributed by atoms with Crippen LogP contribution in [-0.4, -0.2) is 17.3 Å². The molecule has 0 fully saturated rings. The zero-order valence-corrected chi connectivity index (χ0v) is 7.73. The van der Waals surface area contributed by atoms with Gasteiger partial charge < -0.3 is 5.73 Å². The van der Waals surface area contributed by atoms with Crippen molar-refractivity contribution < 1.29 is 4.79 Å². The van der Waals surface area contributed by atoms with E-state index in [4.69, 9.17) is 17.3 Å². The molecule has 0 aromatic carbocycles. The topological polar surface area (TPSA) is 56.0 Å². The van der Waals surface area contributed by atoms with E-state index in [2.05, 4.69) is 4.98 Å². The molecular weight excluding hydrogens is 199 g/mol. The van der Waals surface area contributed by atoms with Gasteiger partial charge in [0.25, 0.3) is 0 Å². The third kappa shape index (κ3) is 2.77. The Morgan fingerprint density at radius 1 is 1.58 bits per heavy atom. The van der Waals surface area contributed by atoms with Gasteiger partial charge in [-0.05, 0) is 12.1 Å². The molecule has 66 valence electrons. The van der Waals surface area contributed by atoms with Gasteiger partial charge in [0.15, 0.2) is 5.78 Å². The third-order valence-corrected chi connectivity index (χ3v) is 1.46. The Hall–Kier alpha value is -0.640. The van der Waals surface area contributed by atoms with Crippen molar-refractivity contribution in [2.75, 3.05) is 6.54 Å². The Labute approximate surface area is 81.3 Å². The largest absolute Gasteiger partial charge is 0.324 e. The summed E-state index contributed by atoms with van der Waals surface area (Å²) in [6.07, 6.45) is 1.41. The van der Waals surface area contributed by atoms with Gasteiger partial charge in [0.05, 0.1) is 6.54 Å². The first kappa shape index (κ1) is 11.4. The van der Waals surface area contributed by atoms with Crippen LogP contribution in [0.1, 0.15) is 10.4 Å². The number of carbonyl (C=O) groups excluding carboxylic acids is 1. The number of hydrogen-bond acceptors (Lipinski definition) is 3. The Kier molecular flexibility index (Phi) is 4.81. The summed E-state index contributed by atoms with van der Waals surface area (Å²) in [7, 11) is 0. The number of aromatic nitrogens is 1. The molecule has 1 heterocycles. The number of nitrogens with two attached hydrogens (primary N) is 1. The minimum absolute atomic E-state index is 0. The van der Waals surface area contributed by atoms with Crippen molar-refractivity contribution in [1.82, 2.24) is 4.98 Å². The van der Waals surface area contributed by atoms with Crippen molar-refractivity contribution in [1.29, 1.82) is 0 Å². The summed E-state index contributed by atoms with van der Waals surface area (Å²) < 4.78 is 0. The first-order chi connectivity index (χ1) is 5.24. The second-order valence-electron chi connectivity index (χ2n) is 2.00. The Bertz CT molecular complexity index is 261. The molecule has 0 amide bonds. The van der Waals surface area contributed by atoms with Crippen molar-refractivity contribution in [3.63, 3.8) is 0 Å². The Balaban J connectivity index is 0.00000121. The van der Waals surface area contributed by atoms with Crippen LogP contribution in [0.15, 0.2) is 18.3 Å². The standard InChI is InChI=1S/C7H7ClN2O.ClH/c8-7-2-1-5(4-10-7)6(11)3-9;/h1-2,4H,3,9H2;1H. The van der Waals surface area contributed by atoms with E-state index in [1.54, 1.807) is 12.1 Å². The monoisotopic (exact) mass is 206 g/mol. The summed E-state index contributed by atoms with van der Waals surface area (Å²) in [6, 6.07) is 3.16. The first-order valence-electron chi connectivity index (χ1n) is 3.09. The van der Waals surface area contributed by atoms with Gasteiger partial charge in [-0.3, -0.25) is 4.79 Å². The van der Waals surface area contributed by atoms with Crippen LogP contribution < -0.4 is 5.73 Å². The maximum absolute atomic E-state index is 10.9. The van der Waals surface area contributed by atoms with E-state index in [1.165, 1.54) is 6.20 Å². The third-order valence-electron chi connectivity index (χ3n) is 1.23. The molecular formula is C7H8Cl2N2O. The van der Waals surface area contributed by atoms with Crippen molar-refractivity contribution in [3.8, 4) is 0 Å². The Morgan fingerprint density at radius 2 is 2.25 bits per heavy atom. The van der Waals surface area contributed by atoms with Gasteiger partial charge in [0, 0.05) is 11.8 Å². The van der Waals surface area contributed by atoms with E-state index >= 15 is 0 Å². The number of pyridine rings is 1. The fourth-order valence-electron chi connectivity index (χ4n) is 0.659. The molecule has 0 saturated carbocycles. The number of Topliss-reactive ketones (excluding diaryl/α,β-unsaturated/α-hetero) is 1. The van der Waals surface area contributed by atoms with Crippen LogP contribution in [-0.2, 0) is 0 Å². The number of halogens is 2. The van der Waals surface area contributed by atoms with E-state index in [-0.39, 0.29) is 24.7 Å².